The zero-order valence-corrected chi connectivity index (χ0v) is 10.2. The zero-order valence-electron chi connectivity index (χ0n) is 10.2. The third-order valence-electron chi connectivity index (χ3n) is 2.64. The largest absolute Gasteiger partial charge is 0.472 e. The Kier molecular flexibility index (Phi) is 5.05. The van der Waals surface area contributed by atoms with Crippen molar-refractivity contribution >= 4 is 5.91 Å². The van der Waals surface area contributed by atoms with Gasteiger partial charge in [-0.15, -0.1) is 0 Å². The average molecular weight is 224 g/mol. The number of rotatable bonds is 6. The average Bonchev–Trinajstić information content (AvgIpc) is 2.80. The molecular weight excluding hydrogens is 204 g/mol. The van der Waals surface area contributed by atoms with Gasteiger partial charge in [0.15, 0.2) is 0 Å². The van der Waals surface area contributed by atoms with E-state index in [0.717, 1.165) is 18.7 Å². The smallest absolute Gasteiger partial charge is 0.239 e. The van der Waals surface area contributed by atoms with E-state index in [9.17, 15) is 4.79 Å². The van der Waals surface area contributed by atoms with Crippen molar-refractivity contribution in [1.29, 1.82) is 0 Å². The van der Waals surface area contributed by atoms with Gasteiger partial charge in [-0.2, -0.15) is 0 Å². The summed E-state index contributed by atoms with van der Waals surface area (Å²) >= 11 is 0. The maximum Gasteiger partial charge on any atom is 0.239 e. The minimum atomic E-state index is -0.158. The number of nitrogens with one attached hydrogen (secondary N) is 1. The zero-order chi connectivity index (χ0) is 12.0. The molecule has 0 aliphatic carbocycles. The summed E-state index contributed by atoms with van der Waals surface area (Å²) in [5.74, 6) is 0.147. The van der Waals surface area contributed by atoms with Crippen LogP contribution in [0.4, 0.5) is 0 Å². The van der Waals surface area contributed by atoms with Crippen molar-refractivity contribution in [2.45, 2.75) is 33.4 Å². The lowest BCUT2D eigenvalue weighted by Gasteiger charge is -2.23. The molecule has 90 valence electrons. The van der Waals surface area contributed by atoms with Crippen molar-refractivity contribution in [1.82, 2.24) is 10.2 Å². The Morgan fingerprint density at radius 2 is 2.19 bits per heavy atom. The fourth-order valence-electron chi connectivity index (χ4n) is 1.56. The van der Waals surface area contributed by atoms with Gasteiger partial charge in [-0.05, 0) is 26.8 Å². The Balaban J connectivity index is 2.39. The van der Waals surface area contributed by atoms with E-state index in [1.54, 1.807) is 12.5 Å². The van der Waals surface area contributed by atoms with Gasteiger partial charge in [0.1, 0.15) is 0 Å². The monoisotopic (exact) mass is 224 g/mol. The van der Waals surface area contributed by atoms with Gasteiger partial charge in [0, 0.05) is 25.2 Å². The van der Waals surface area contributed by atoms with Crippen LogP contribution in [0.25, 0.3) is 0 Å². The van der Waals surface area contributed by atoms with Gasteiger partial charge < -0.3 is 14.6 Å². The summed E-state index contributed by atoms with van der Waals surface area (Å²) < 4.78 is 4.96. The van der Waals surface area contributed by atoms with E-state index in [1.165, 1.54) is 0 Å². The Labute approximate surface area is 96.6 Å². The van der Waals surface area contributed by atoms with E-state index in [0.29, 0.717) is 6.54 Å². The van der Waals surface area contributed by atoms with Crippen LogP contribution in [0.5, 0.6) is 0 Å². The molecule has 1 atom stereocenters. The molecule has 1 aromatic heterocycles. The van der Waals surface area contributed by atoms with Crippen molar-refractivity contribution < 1.29 is 9.21 Å². The molecule has 0 aliphatic heterocycles. The number of amides is 1. The minimum absolute atomic E-state index is 0.147. The van der Waals surface area contributed by atoms with Crippen LogP contribution in [0.15, 0.2) is 23.0 Å². The second-order valence-electron chi connectivity index (χ2n) is 3.74. The topological polar surface area (TPSA) is 45.5 Å². The third-order valence-corrected chi connectivity index (χ3v) is 2.64. The molecule has 1 heterocycles. The summed E-state index contributed by atoms with van der Waals surface area (Å²) in [4.78, 5) is 13.7. The van der Waals surface area contributed by atoms with Crippen molar-refractivity contribution in [2.24, 2.45) is 0 Å². The van der Waals surface area contributed by atoms with Crippen LogP contribution in [0.2, 0.25) is 0 Å². The fraction of sp³-hybridized carbons (Fsp3) is 0.583. The summed E-state index contributed by atoms with van der Waals surface area (Å²) in [6.07, 6.45) is 3.31. The van der Waals surface area contributed by atoms with E-state index in [-0.39, 0.29) is 11.9 Å². The quantitative estimate of drug-likeness (QED) is 0.798. The molecule has 0 saturated heterocycles. The second-order valence-corrected chi connectivity index (χ2v) is 3.74. The summed E-state index contributed by atoms with van der Waals surface area (Å²) in [6, 6.07) is 1.73. The van der Waals surface area contributed by atoms with Gasteiger partial charge in [0.2, 0.25) is 5.91 Å². The number of carbonyl (C=O) groups is 1. The van der Waals surface area contributed by atoms with E-state index in [4.69, 9.17) is 4.42 Å². The Hall–Kier alpha value is -1.29. The van der Waals surface area contributed by atoms with Crippen LogP contribution in [0.1, 0.15) is 26.3 Å². The van der Waals surface area contributed by atoms with Crippen LogP contribution < -0.4 is 5.32 Å². The molecule has 1 aromatic rings. The first-order valence-electron chi connectivity index (χ1n) is 5.72. The number of hydrogen-bond acceptors (Lipinski definition) is 3. The van der Waals surface area contributed by atoms with Crippen LogP contribution >= 0.6 is 0 Å². The molecule has 0 aromatic carbocycles. The lowest BCUT2D eigenvalue weighted by atomic mass is 10.2. The van der Waals surface area contributed by atoms with E-state index >= 15 is 0 Å². The first-order valence-corrected chi connectivity index (χ1v) is 5.72. The molecule has 0 spiro atoms. The molecule has 0 fully saturated rings. The lowest BCUT2D eigenvalue weighted by Crippen LogP contribution is -2.44. The fourth-order valence-corrected chi connectivity index (χ4v) is 1.56. The van der Waals surface area contributed by atoms with Crippen molar-refractivity contribution in [3.63, 3.8) is 0 Å². The molecule has 4 heteroatoms. The molecule has 1 N–H and O–H groups in total. The maximum absolute atomic E-state index is 11.9. The van der Waals surface area contributed by atoms with Gasteiger partial charge in [-0.1, -0.05) is 0 Å². The summed E-state index contributed by atoms with van der Waals surface area (Å²) in [6.45, 7) is 8.04. The Bertz CT molecular complexity index is 305. The van der Waals surface area contributed by atoms with E-state index in [2.05, 4.69) is 5.32 Å². The number of likely N-dealkylation sites (N-methyl/N-ethyl adjacent to an activating group) is 1. The molecular formula is C12H20N2O2. The normalized spacial score (nSPS) is 12.4. The van der Waals surface area contributed by atoms with Crippen molar-refractivity contribution in [3.05, 3.63) is 24.2 Å². The molecule has 4 nitrogen and oxygen atoms in total. The van der Waals surface area contributed by atoms with Crippen molar-refractivity contribution in [2.75, 3.05) is 13.1 Å². The number of nitrogens with zero attached hydrogens (tertiary/aromatic N) is 1. The van der Waals surface area contributed by atoms with E-state index < -0.39 is 0 Å². The highest BCUT2D eigenvalue weighted by Crippen LogP contribution is 2.01. The first-order chi connectivity index (χ1) is 7.69. The molecule has 0 saturated carbocycles. The predicted octanol–water partition coefficient (Wildman–Crippen LogP) is 1.63. The van der Waals surface area contributed by atoms with Crippen LogP contribution in [-0.4, -0.2) is 29.9 Å². The standard InChI is InChI=1S/C12H20N2O2/c1-4-14(5-2)12(15)10(3)13-8-11-6-7-16-9-11/h6-7,9-10,13H,4-5,8H2,1-3H3. The first kappa shape index (κ1) is 12.8. The second kappa shape index (κ2) is 6.33. The van der Waals surface area contributed by atoms with Crippen molar-refractivity contribution in [3.8, 4) is 0 Å². The molecule has 0 radical (unpaired) electrons. The summed E-state index contributed by atoms with van der Waals surface area (Å²) in [7, 11) is 0. The molecule has 0 aliphatic rings. The third kappa shape index (κ3) is 3.38. The minimum Gasteiger partial charge on any atom is -0.472 e. The van der Waals surface area contributed by atoms with Gasteiger partial charge in [-0.25, -0.2) is 0 Å². The van der Waals surface area contributed by atoms with Gasteiger partial charge in [0.25, 0.3) is 0 Å². The van der Waals surface area contributed by atoms with Crippen LogP contribution in [0, 0.1) is 0 Å². The summed E-state index contributed by atoms with van der Waals surface area (Å²) in [5.41, 5.74) is 1.05. The molecule has 0 bridgehead atoms. The van der Waals surface area contributed by atoms with Gasteiger partial charge >= 0.3 is 0 Å². The highest BCUT2D eigenvalue weighted by Gasteiger charge is 2.17. The predicted molar refractivity (Wildman–Crippen MR) is 62.9 cm³/mol. The Morgan fingerprint density at radius 1 is 1.50 bits per heavy atom. The molecule has 16 heavy (non-hydrogen) atoms. The highest BCUT2D eigenvalue weighted by atomic mass is 16.3. The number of hydrogen-bond donors (Lipinski definition) is 1. The SMILES string of the molecule is CCN(CC)C(=O)C(C)NCc1ccoc1. The molecule has 1 rings (SSSR count). The maximum atomic E-state index is 11.9. The molecule has 1 unspecified atom stereocenters. The van der Waals surface area contributed by atoms with Crippen LogP contribution in [-0.2, 0) is 11.3 Å². The van der Waals surface area contributed by atoms with E-state index in [1.807, 2.05) is 31.7 Å². The van der Waals surface area contributed by atoms with Crippen LogP contribution in [0.3, 0.4) is 0 Å². The summed E-state index contributed by atoms with van der Waals surface area (Å²) in [5, 5.41) is 3.18. The number of furan rings is 1. The lowest BCUT2D eigenvalue weighted by molar-refractivity contribution is -0.132. The van der Waals surface area contributed by atoms with Gasteiger partial charge in [0.05, 0.1) is 18.6 Å². The number of carbonyl (C=O) groups excluding carboxylic acids is 1. The van der Waals surface area contributed by atoms with Gasteiger partial charge in [-0.3, -0.25) is 4.79 Å². The molecule has 1 amide bonds. The highest BCUT2D eigenvalue weighted by molar-refractivity contribution is 5.81. The Morgan fingerprint density at radius 3 is 2.69 bits per heavy atom.